The van der Waals surface area contributed by atoms with Crippen molar-refractivity contribution < 1.29 is 14.6 Å². The van der Waals surface area contributed by atoms with Gasteiger partial charge in [-0.15, -0.1) is 0 Å². The topological polar surface area (TPSA) is 38.7 Å². The molecule has 0 heterocycles. The molecule has 1 aromatic rings. The molecule has 3 nitrogen and oxygen atoms in total. The van der Waals surface area contributed by atoms with Crippen LogP contribution in [0.25, 0.3) is 0 Å². The van der Waals surface area contributed by atoms with Crippen molar-refractivity contribution in [1.82, 2.24) is 0 Å². The van der Waals surface area contributed by atoms with Gasteiger partial charge in [0.2, 0.25) is 0 Å². The predicted octanol–water partition coefficient (Wildman–Crippen LogP) is 3.01. The minimum Gasteiger partial charge on any atom is -0.493 e. The van der Waals surface area contributed by atoms with Crippen molar-refractivity contribution in [3.8, 4) is 11.5 Å². The fourth-order valence-electron chi connectivity index (χ4n) is 2.01. The number of rotatable bonds is 5. The molecule has 0 saturated carbocycles. The molecule has 0 saturated heterocycles. The van der Waals surface area contributed by atoms with E-state index < -0.39 is 0 Å². The average Bonchev–Trinajstić information content (AvgIpc) is 2.34. The van der Waals surface area contributed by atoms with Gasteiger partial charge in [0, 0.05) is 22.2 Å². The Kier molecular flexibility index (Phi) is 5.28. The van der Waals surface area contributed by atoms with E-state index in [1.165, 1.54) is 0 Å². The molecule has 4 heteroatoms. The van der Waals surface area contributed by atoms with Crippen LogP contribution in [0.3, 0.4) is 0 Å². The lowest BCUT2D eigenvalue weighted by Gasteiger charge is -2.19. The molecule has 0 bridgehead atoms. The summed E-state index contributed by atoms with van der Waals surface area (Å²) in [6.07, 6.45) is 1.50. The van der Waals surface area contributed by atoms with Gasteiger partial charge in [-0.1, -0.05) is 15.9 Å². The van der Waals surface area contributed by atoms with Crippen molar-refractivity contribution in [2.75, 3.05) is 20.8 Å². The maximum atomic E-state index is 8.95. The quantitative estimate of drug-likeness (QED) is 0.909. The summed E-state index contributed by atoms with van der Waals surface area (Å²) in [7, 11) is 3.29. The Bertz CT molecular complexity index is 402. The van der Waals surface area contributed by atoms with E-state index in [2.05, 4.69) is 15.9 Å². The highest BCUT2D eigenvalue weighted by Crippen LogP contribution is 2.42. The lowest BCUT2D eigenvalue weighted by Crippen LogP contribution is -2.03. The van der Waals surface area contributed by atoms with Crippen LogP contribution in [0.5, 0.6) is 11.5 Å². The number of aliphatic hydroxyl groups excluding tert-OH is 1. The number of benzene rings is 1. The summed E-state index contributed by atoms with van der Waals surface area (Å²) < 4.78 is 11.9. The molecule has 0 aliphatic heterocycles. The average molecular weight is 303 g/mol. The van der Waals surface area contributed by atoms with Crippen LogP contribution in [0.1, 0.15) is 23.1 Å². The Morgan fingerprint density at radius 3 is 2.12 bits per heavy atom. The summed E-state index contributed by atoms with van der Waals surface area (Å²) in [5.41, 5.74) is 3.28. The zero-order valence-electron chi connectivity index (χ0n) is 10.8. The van der Waals surface area contributed by atoms with Crippen molar-refractivity contribution in [3.63, 3.8) is 0 Å². The highest BCUT2D eigenvalue weighted by molar-refractivity contribution is 9.10. The zero-order valence-corrected chi connectivity index (χ0v) is 12.3. The Labute approximate surface area is 111 Å². The number of aliphatic hydroxyl groups is 1. The highest BCUT2D eigenvalue weighted by atomic mass is 79.9. The normalized spacial score (nSPS) is 10.5. The summed E-state index contributed by atoms with van der Waals surface area (Å²) in [6, 6.07) is 0. The first-order chi connectivity index (χ1) is 8.08. The molecule has 0 atom stereocenters. The third-order valence-electron chi connectivity index (χ3n) is 2.93. The molecule has 0 fully saturated rings. The van der Waals surface area contributed by atoms with Gasteiger partial charge >= 0.3 is 0 Å². The number of ether oxygens (including phenoxy) is 2. The number of hydrogen-bond acceptors (Lipinski definition) is 3. The monoisotopic (exact) mass is 302 g/mol. The number of hydrogen-bond donors (Lipinski definition) is 1. The second-order valence-electron chi connectivity index (χ2n) is 3.94. The molecule has 0 aliphatic carbocycles. The van der Waals surface area contributed by atoms with Crippen molar-refractivity contribution in [2.45, 2.75) is 26.7 Å². The maximum Gasteiger partial charge on any atom is 0.165 e. The van der Waals surface area contributed by atoms with Gasteiger partial charge < -0.3 is 14.6 Å². The van der Waals surface area contributed by atoms with Crippen LogP contribution in [0, 0.1) is 13.8 Å². The first-order valence-corrected chi connectivity index (χ1v) is 6.38. The van der Waals surface area contributed by atoms with E-state index in [0.29, 0.717) is 0 Å². The Morgan fingerprint density at radius 2 is 1.65 bits per heavy atom. The summed E-state index contributed by atoms with van der Waals surface area (Å²) >= 11 is 3.58. The standard InChI is InChI=1S/C13H19BrO3/c1-8-10(6-5-7-15)13(17-4)12(16-3)9(2)11(8)14/h15H,5-7H2,1-4H3. The molecular formula is C13H19BrO3. The fraction of sp³-hybridized carbons (Fsp3) is 0.538. The van der Waals surface area contributed by atoms with Gasteiger partial charge in [-0.05, 0) is 32.3 Å². The SMILES string of the molecule is COc1c(C)c(Br)c(C)c(CCCO)c1OC. The smallest absolute Gasteiger partial charge is 0.165 e. The van der Waals surface area contributed by atoms with E-state index >= 15 is 0 Å². The minimum absolute atomic E-state index is 0.177. The highest BCUT2D eigenvalue weighted by Gasteiger charge is 2.19. The van der Waals surface area contributed by atoms with Crippen LogP contribution < -0.4 is 9.47 Å². The molecule has 1 N–H and O–H groups in total. The van der Waals surface area contributed by atoms with Crippen LogP contribution in [-0.4, -0.2) is 25.9 Å². The summed E-state index contributed by atoms with van der Waals surface area (Å²) in [4.78, 5) is 0. The molecule has 1 aromatic carbocycles. The van der Waals surface area contributed by atoms with Gasteiger partial charge in [0.05, 0.1) is 14.2 Å². The van der Waals surface area contributed by atoms with E-state index in [1.54, 1.807) is 14.2 Å². The van der Waals surface area contributed by atoms with E-state index in [4.69, 9.17) is 14.6 Å². The van der Waals surface area contributed by atoms with Crippen LogP contribution in [-0.2, 0) is 6.42 Å². The molecule has 0 spiro atoms. The molecular weight excluding hydrogens is 284 g/mol. The Hall–Kier alpha value is -0.740. The molecule has 0 radical (unpaired) electrons. The first-order valence-electron chi connectivity index (χ1n) is 5.58. The van der Waals surface area contributed by atoms with E-state index in [-0.39, 0.29) is 6.61 Å². The van der Waals surface area contributed by atoms with Crippen LogP contribution in [0.2, 0.25) is 0 Å². The van der Waals surface area contributed by atoms with Crippen molar-refractivity contribution in [1.29, 1.82) is 0 Å². The van der Waals surface area contributed by atoms with E-state index in [1.807, 2.05) is 13.8 Å². The van der Waals surface area contributed by atoms with Crippen molar-refractivity contribution in [2.24, 2.45) is 0 Å². The Morgan fingerprint density at radius 1 is 1.06 bits per heavy atom. The zero-order chi connectivity index (χ0) is 13.0. The molecule has 17 heavy (non-hydrogen) atoms. The van der Waals surface area contributed by atoms with E-state index in [0.717, 1.165) is 45.5 Å². The van der Waals surface area contributed by atoms with Gasteiger partial charge in [-0.25, -0.2) is 0 Å². The first kappa shape index (κ1) is 14.3. The number of halogens is 1. The third-order valence-corrected chi connectivity index (χ3v) is 4.11. The summed E-state index contributed by atoms with van der Waals surface area (Å²) in [5, 5.41) is 8.95. The maximum absolute atomic E-state index is 8.95. The van der Waals surface area contributed by atoms with Crippen LogP contribution in [0.15, 0.2) is 4.47 Å². The molecule has 0 aromatic heterocycles. The molecule has 0 unspecified atom stereocenters. The molecule has 0 amide bonds. The van der Waals surface area contributed by atoms with Gasteiger partial charge in [0.25, 0.3) is 0 Å². The van der Waals surface area contributed by atoms with Crippen LogP contribution in [0.4, 0.5) is 0 Å². The number of methoxy groups -OCH3 is 2. The van der Waals surface area contributed by atoms with Crippen molar-refractivity contribution in [3.05, 3.63) is 21.2 Å². The van der Waals surface area contributed by atoms with Gasteiger partial charge in [0.15, 0.2) is 11.5 Å². The fourth-order valence-corrected chi connectivity index (χ4v) is 2.43. The second-order valence-corrected chi connectivity index (χ2v) is 4.73. The van der Waals surface area contributed by atoms with E-state index in [9.17, 15) is 0 Å². The predicted molar refractivity (Wildman–Crippen MR) is 72.1 cm³/mol. The second kappa shape index (κ2) is 6.26. The van der Waals surface area contributed by atoms with Gasteiger partial charge in [-0.2, -0.15) is 0 Å². The largest absolute Gasteiger partial charge is 0.493 e. The molecule has 96 valence electrons. The summed E-state index contributed by atoms with van der Waals surface area (Å²) in [5.74, 6) is 1.54. The third kappa shape index (κ3) is 2.75. The lowest BCUT2D eigenvalue weighted by atomic mass is 9.99. The molecule has 0 aliphatic rings. The van der Waals surface area contributed by atoms with Gasteiger partial charge in [-0.3, -0.25) is 0 Å². The summed E-state index contributed by atoms with van der Waals surface area (Å²) in [6.45, 7) is 4.22. The van der Waals surface area contributed by atoms with Crippen LogP contribution >= 0.6 is 15.9 Å². The van der Waals surface area contributed by atoms with Gasteiger partial charge in [0.1, 0.15) is 0 Å². The van der Waals surface area contributed by atoms with Crippen molar-refractivity contribution >= 4 is 15.9 Å². The molecule has 1 rings (SSSR count). The Balaban J connectivity index is 3.39. The lowest BCUT2D eigenvalue weighted by molar-refractivity contribution is 0.287. The minimum atomic E-state index is 0.177.